The molecule has 0 saturated carbocycles. The predicted octanol–water partition coefficient (Wildman–Crippen LogP) is 3.04. The minimum Gasteiger partial charge on any atom is -0.395 e. The molecule has 0 atom stereocenters. The number of halogens is 3. The first-order valence-electron chi connectivity index (χ1n) is 7.92. The van der Waals surface area contributed by atoms with Gasteiger partial charge in [-0.1, -0.05) is 18.2 Å². The van der Waals surface area contributed by atoms with Crippen LogP contribution in [0.15, 0.2) is 34.1 Å². The second-order valence-electron chi connectivity index (χ2n) is 5.84. The van der Waals surface area contributed by atoms with Gasteiger partial charge in [0.1, 0.15) is 5.03 Å². The first-order chi connectivity index (χ1) is 11.9. The Bertz CT molecular complexity index is 834. The van der Waals surface area contributed by atoms with E-state index in [2.05, 4.69) is 4.98 Å². The molecular formula is C17H17F3N2O2S. The van der Waals surface area contributed by atoms with Gasteiger partial charge in [0.05, 0.1) is 18.7 Å². The van der Waals surface area contributed by atoms with E-state index in [0.29, 0.717) is 16.3 Å². The van der Waals surface area contributed by atoms with Gasteiger partial charge in [-0.15, -0.1) is 11.8 Å². The number of aliphatic hydroxyl groups is 1. The maximum atomic E-state index is 12.8. The molecule has 1 aliphatic rings. The van der Waals surface area contributed by atoms with Crippen LogP contribution < -0.4 is 5.69 Å². The monoisotopic (exact) mass is 370 g/mol. The van der Waals surface area contributed by atoms with E-state index in [4.69, 9.17) is 5.11 Å². The molecular weight excluding hydrogens is 353 g/mol. The SMILES string of the molecule is O=c1nc(SCc2cccc(C(F)(F)F)c2)c2c(n1CCO)CCC2. The zero-order chi connectivity index (χ0) is 18.0. The first kappa shape index (κ1) is 18.0. The molecule has 0 aliphatic heterocycles. The average molecular weight is 370 g/mol. The van der Waals surface area contributed by atoms with Crippen LogP contribution in [0.3, 0.4) is 0 Å². The third-order valence-corrected chi connectivity index (χ3v) is 5.24. The number of hydrogen-bond acceptors (Lipinski definition) is 4. The Hall–Kier alpha value is -1.80. The van der Waals surface area contributed by atoms with Gasteiger partial charge in [-0.3, -0.25) is 4.57 Å². The normalized spacial score (nSPS) is 13.9. The van der Waals surface area contributed by atoms with Crippen LogP contribution in [0.25, 0.3) is 0 Å². The summed E-state index contributed by atoms with van der Waals surface area (Å²) in [5.74, 6) is 0.312. The highest BCUT2D eigenvalue weighted by Gasteiger charge is 2.30. The summed E-state index contributed by atoms with van der Waals surface area (Å²) in [7, 11) is 0. The lowest BCUT2D eigenvalue weighted by Gasteiger charge is -2.13. The number of benzene rings is 1. The smallest absolute Gasteiger partial charge is 0.395 e. The van der Waals surface area contributed by atoms with Gasteiger partial charge >= 0.3 is 11.9 Å². The van der Waals surface area contributed by atoms with Crippen molar-refractivity contribution in [2.45, 2.75) is 42.8 Å². The summed E-state index contributed by atoms with van der Waals surface area (Å²) >= 11 is 1.28. The molecule has 4 nitrogen and oxygen atoms in total. The molecule has 8 heteroatoms. The van der Waals surface area contributed by atoms with Crippen LogP contribution in [-0.2, 0) is 31.3 Å². The van der Waals surface area contributed by atoms with E-state index >= 15 is 0 Å². The van der Waals surface area contributed by atoms with E-state index < -0.39 is 17.4 Å². The van der Waals surface area contributed by atoms with Gasteiger partial charge in [-0.2, -0.15) is 18.2 Å². The first-order valence-corrected chi connectivity index (χ1v) is 8.91. The van der Waals surface area contributed by atoms with Gasteiger partial charge in [0.25, 0.3) is 0 Å². The molecule has 0 unspecified atom stereocenters. The number of rotatable bonds is 5. The molecule has 134 valence electrons. The number of aromatic nitrogens is 2. The largest absolute Gasteiger partial charge is 0.416 e. The van der Waals surface area contributed by atoms with Crippen LogP contribution >= 0.6 is 11.8 Å². The molecule has 0 fully saturated rings. The number of nitrogens with zero attached hydrogens (tertiary/aromatic N) is 2. The summed E-state index contributed by atoms with van der Waals surface area (Å²) in [5.41, 5.74) is 1.31. The molecule has 0 spiro atoms. The Kier molecular flexibility index (Phi) is 5.19. The Morgan fingerprint density at radius 3 is 2.80 bits per heavy atom. The summed E-state index contributed by atoms with van der Waals surface area (Å²) in [5, 5.41) is 9.69. The summed E-state index contributed by atoms with van der Waals surface area (Å²) in [6.07, 6.45) is -1.92. The topological polar surface area (TPSA) is 55.1 Å². The van der Waals surface area contributed by atoms with Gasteiger partial charge < -0.3 is 5.11 Å². The number of thioether (sulfide) groups is 1. The van der Waals surface area contributed by atoms with E-state index in [9.17, 15) is 18.0 Å². The van der Waals surface area contributed by atoms with Crippen LogP contribution in [0.5, 0.6) is 0 Å². The molecule has 1 aliphatic carbocycles. The van der Waals surface area contributed by atoms with E-state index in [0.717, 1.165) is 42.7 Å². The molecule has 25 heavy (non-hydrogen) atoms. The van der Waals surface area contributed by atoms with E-state index in [1.165, 1.54) is 22.4 Å². The highest BCUT2D eigenvalue weighted by atomic mass is 32.2. The molecule has 0 amide bonds. The second-order valence-corrected chi connectivity index (χ2v) is 6.80. The fourth-order valence-electron chi connectivity index (χ4n) is 3.03. The third kappa shape index (κ3) is 3.90. The highest BCUT2D eigenvalue weighted by Crippen LogP contribution is 2.33. The van der Waals surface area contributed by atoms with Crippen molar-refractivity contribution >= 4 is 11.8 Å². The molecule has 1 heterocycles. The van der Waals surface area contributed by atoms with Gasteiger partial charge in [-0.05, 0) is 30.9 Å². The van der Waals surface area contributed by atoms with Crippen molar-refractivity contribution < 1.29 is 18.3 Å². The Labute approximate surface area is 146 Å². The molecule has 3 rings (SSSR count). The molecule has 1 aromatic heterocycles. The molecule has 2 aromatic rings. The van der Waals surface area contributed by atoms with Crippen molar-refractivity contribution in [2.75, 3.05) is 6.61 Å². The molecule has 1 N–H and O–H groups in total. The number of fused-ring (bicyclic) bond motifs is 1. The van der Waals surface area contributed by atoms with Crippen LogP contribution in [0.4, 0.5) is 13.2 Å². The van der Waals surface area contributed by atoms with Crippen LogP contribution in [0.1, 0.15) is 28.8 Å². The van der Waals surface area contributed by atoms with Gasteiger partial charge in [-0.25, -0.2) is 4.79 Å². The van der Waals surface area contributed by atoms with Crippen LogP contribution in [-0.4, -0.2) is 21.3 Å². The minimum absolute atomic E-state index is 0.134. The Balaban J connectivity index is 1.84. The van der Waals surface area contributed by atoms with Crippen molar-refractivity contribution in [3.63, 3.8) is 0 Å². The Morgan fingerprint density at radius 2 is 2.08 bits per heavy atom. The van der Waals surface area contributed by atoms with Crippen molar-refractivity contribution in [3.8, 4) is 0 Å². The maximum Gasteiger partial charge on any atom is 0.416 e. The lowest BCUT2D eigenvalue weighted by atomic mass is 10.1. The van der Waals surface area contributed by atoms with E-state index in [1.807, 2.05) is 0 Å². The van der Waals surface area contributed by atoms with Crippen LogP contribution in [0, 0.1) is 0 Å². The molecule has 0 radical (unpaired) electrons. The fourth-order valence-corrected chi connectivity index (χ4v) is 4.04. The van der Waals surface area contributed by atoms with E-state index in [-0.39, 0.29) is 13.2 Å². The second kappa shape index (κ2) is 7.21. The predicted molar refractivity (Wildman–Crippen MR) is 88.6 cm³/mol. The van der Waals surface area contributed by atoms with Crippen molar-refractivity contribution in [2.24, 2.45) is 0 Å². The summed E-state index contributed by atoms with van der Waals surface area (Å²) in [6.45, 7) is 0.0808. The van der Waals surface area contributed by atoms with Crippen molar-refractivity contribution in [1.82, 2.24) is 9.55 Å². The standard InChI is InChI=1S/C17H17F3N2O2S/c18-17(19,20)12-4-1-3-11(9-12)10-25-15-13-5-2-6-14(13)22(7-8-23)16(24)21-15/h1,3-4,9,23H,2,5-8,10H2. The number of alkyl halides is 3. The van der Waals surface area contributed by atoms with Crippen molar-refractivity contribution in [1.29, 1.82) is 0 Å². The summed E-state index contributed by atoms with van der Waals surface area (Å²) in [4.78, 5) is 16.3. The summed E-state index contributed by atoms with van der Waals surface area (Å²) < 4.78 is 39.9. The molecule has 1 aromatic carbocycles. The summed E-state index contributed by atoms with van der Waals surface area (Å²) in [6, 6.07) is 5.19. The van der Waals surface area contributed by atoms with Gasteiger partial charge in [0.15, 0.2) is 0 Å². The number of aliphatic hydroxyl groups excluding tert-OH is 1. The fraction of sp³-hybridized carbons (Fsp3) is 0.412. The van der Waals surface area contributed by atoms with Crippen LogP contribution in [0.2, 0.25) is 0 Å². The lowest BCUT2D eigenvalue weighted by molar-refractivity contribution is -0.137. The lowest BCUT2D eigenvalue weighted by Crippen LogP contribution is -2.28. The quantitative estimate of drug-likeness (QED) is 0.649. The zero-order valence-electron chi connectivity index (χ0n) is 13.3. The average Bonchev–Trinajstić information content (AvgIpc) is 3.05. The highest BCUT2D eigenvalue weighted by molar-refractivity contribution is 7.98. The molecule has 0 saturated heterocycles. The number of hydrogen-bond donors (Lipinski definition) is 1. The maximum absolute atomic E-state index is 12.8. The Morgan fingerprint density at radius 1 is 1.28 bits per heavy atom. The molecule has 0 bridgehead atoms. The van der Waals surface area contributed by atoms with Crippen molar-refractivity contribution in [3.05, 3.63) is 57.1 Å². The van der Waals surface area contributed by atoms with E-state index in [1.54, 1.807) is 6.07 Å². The van der Waals surface area contributed by atoms with Gasteiger partial charge in [0.2, 0.25) is 0 Å². The minimum atomic E-state index is -4.37. The van der Waals surface area contributed by atoms with Gasteiger partial charge in [0, 0.05) is 17.0 Å². The third-order valence-electron chi connectivity index (χ3n) is 4.15. The zero-order valence-corrected chi connectivity index (χ0v) is 14.2.